The Balaban J connectivity index is 1.97. The first-order chi connectivity index (χ1) is 7.33. The lowest BCUT2D eigenvalue weighted by Crippen LogP contribution is -2.37. The van der Waals surface area contributed by atoms with Crippen LogP contribution in [0.3, 0.4) is 0 Å². The van der Waals surface area contributed by atoms with Crippen LogP contribution in [0.4, 0.5) is 0 Å². The van der Waals surface area contributed by atoms with Crippen LogP contribution in [0.25, 0.3) is 0 Å². The molecule has 0 bridgehead atoms. The maximum absolute atomic E-state index is 5.34. The summed E-state index contributed by atoms with van der Waals surface area (Å²) in [6.07, 6.45) is 4.21. The summed E-state index contributed by atoms with van der Waals surface area (Å²) in [6, 6.07) is 0. The molecule has 1 aliphatic rings. The summed E-state index contributed by atoms with van der Waals surface area (Å²) >= 11 is 0. The van der Waals surface area contributed by atoms with Crippen LogP contribution in [0.2, 0.25) is 0 Å². The van der Waals surface area contributed by atoms with Gasteiger partial charge in [0.2, 0.25) is 0 Å². The van der Waals surface area contributed by atoms with E-state index in [0.29, 0.717) is 0 Å². The van der Waals surface area contributed by atoms with Gasteiger partial charge in [-0.25, -0.2) is 0 Å². The molecule has 3 nitrogen and oxygen atoms in total. The number of piperidine rings is 1. The first-order valence-electron chi connectivity index (χ1n) is 6.31. The van der Waals surface area contributed by atoms with Crippen molar-refractivity contribution in [3.8, 4) is 0 Å². The first-order valence-corrected chi connectivity index (χ1v) is 6.31. The number of rotatable bonds is 7. The van der Waals surface area contributed by atoms with E-state index in [1.807, 2.05) is 6.92 Å². The van der Waals surface area contributed by atoms with Gasteiger partial charge in [-0.3, -0.25) is 0 Å². The van der Waals surface area contributed by atoms with E-state index in [2.05, 4.69) is 16.8 Å². The molecule has 0 N–H and O–H groups in total. The van der Waals surface area contributed by atoms with Gasteiger partial charge in [-0.15, -0.1) is 0 Å². The summed E-state index contributed by atoms with van der Waals surface area (Å²) in [5.74, 6) is 0. The lowest BCUT2D eigenvalue weighted by molar-refractivity contribution is 0.115. The van der Waals surface area contributed by atoms with Crippen molar-refractivity contribution in [3.63, 3.8) is 0 Å². The SMILES string of the molecule is CCOCCN(C)CCN1CCCCC1. The van der Waals surface area contributed by atoms with Crippen LogP contribution in [0.15, 0.2) is 0 Å². The van der Waals surface area contributed by atoms with Crippen LogP contribution in [0.1, 0.15) is 26.2 Å². The van der Waals surface area contributed by atoms with Crippen molar-refractivity contribution in [3.05, 3.63) is 0 Å². The number of hydrogen-bond acceptors (Lipinski definition) is 3. The van der Waals surface area contributed by atoms with E-state index >= 15 is 0 Å². The predicted octanol–water partition coefficient (Wildman–Crippen LogP) is 1.44. The fourth-order valence-electron chi connectivity index (χ4n) is 1.97. The van der Waals surface area contributed by atoms with Crippen molar-refractivity contribution in [2.24, 2.45) is 0 Å². The van der Waals surface area contributed by atoms with Gasteiger partial charge in [0.1, 0.15) is 0 Å². The van der Waals surface area contributed by atoms with Crippen LogP contribution in [-0.2, 0) is 4.74 Å². The summed E-state index contributed by atoms with van der Waals surface area (Å²) in [7, 11) is 2.18. The van der Waals surface area contributed by atoms with E-state index < -0.39 is 0 Å². The summed E-state index contributed by atoms with van der Waals surface area (Å²) < 4.78 is 5.34. The lowest BCUT2D eigenvalue weighted by atomic mass is 10.1. The molecule has 1 fully saturated rings. The van der Waals surface area contributed by atoms with Crippen LogP contribution in [-0.4, -0.2) is 62.8 Å². The Kier molecular flexibility index (Phi) is 6.98. The van der Waals surface area contributed by atoms with Crippen molar-refractivity contribution in [2.75, 3.05) is 53.0 Å². The third kappa shape index (κ3) is 6.13. The maximum atomic E-state index is 5.34. The Morgan fingerprint density at radius 2 is 1.87 bits per heavy atom. The molecule has 90 valence electrons. The highest BCUT2D eigenvalue weighted by Crippen LogP contribution is 2.07. The molecular weight excluding hydrogens is 188 g/mol. The molecule has 0 aromatic carbocycles. The molecule has 0 aliphatic carbocycles. The molecule has 1 saturated heterocycles. The second-order valence-corrected chi connectivity index (χ2v) is 4.40. The van der Waals surface area contributed by atoms with Crippen molar-refractivity contribution >= 4 is 0 Å². The third-order valence-electron chi connectivity index (χ3n) is 3.07. The molecule has 0 aromatic rings. The van der Waals surface area contributed by atoms with Gasteiger partial charge in [0.25, 0.3) is 0 Å². The number of hydrogen-bond donors (Lipinski definition) is 0. The Labute approximate surface area is 94.4 Å². The molecule has 1 aliphatic heterocycles. The van der Waals surface area contributed by atoms with Crippen LogP contribution < -0.4 is 0 Å². The van der Waals surface area contributed by atoms with E-state index in [0.717, 1.165) is 19.8 Å². The second kappa shape index (κ2) is 8.08. The minimum atomic E-state index is 0.833. The van der Waals surface area contributed by atoms with E-state index in [1.165, 1.54) is 45.4 Å². The minimum absolute atomic E-state index is 0.833. The predicted molar refractivity (Wildman–Crippen MR) is 64.3 cm³/mol. The molecular formula is C12H26N2O. The lowest BCUT2D eigenvalue weighted by Gasteiger charge is -2.28. The van der Waals surface area contributed by atoms with Crippen molar-refractivity contribution in [1.29, 1.82) is 0 Å². The zero-order valence-corrected chi connectivity index (χ0v) is 10.4. The standard InChI is InChI=1S/C12H26N2O/c1-3-15-12-11-13(2)9-10-14-7-5-4-6-8-14/h3-12H2,1-2H3. The average molecular weight is 214 g/mol. The molecule has 3 heteroatoms. The summed E-state index contributed by atoms with van der Waals surface area (Å²) in [5.41, 5.74) is 0. The monoisotopic (exact) mass is 214 g/mol. The van der Waals surface area contributed by atoms with Gasteiger partial charge in [0.05, 0.1) is 6.61 Å². The molecule has 0 unspecified atom stereocenters. The average Bonchev–Trinajstić information content (AvgIpc) is 2.28. The Bertz CT molecular complexity index is 147. The zero-order chi connectivity index (χ0) is 10.9. The van der Waals surface area contributed by atoms with E-state index in [9.17, 15) is 0 Å². The fraction of sp³-hybridized carbons (Fsp3) is 1.00. The zero-order valence-electron chi connectivity index (χ0n) is 10.4. The van der Waals surface area contributed by atoms with Gasteiger partial charge < -0.3 is 14.5 Å². The molecule has 0 spiro atoms. The van der Waals surface area contributed by atoms with Gasteiger partial charge in [-0.05, 0) is 39.9 Å². The quantitative estimate of drug-likeness (QED) is 0.596. The molecule has 1 rings (SSSR count). The Morgan fingerprint density at radius 1 is 1.13 bits per heavy atom. The maximum Gasteiger partial charge on any atom is 0.0593 e. The van der Waals surface area contributed by atoms with Gasteiger partial charge >= 0.3 is 0 Å². The van der Waals surface area contributed by atoms with Gasteiger partial charge in [-0.1, -0.05) is 6.42 Å². The molecule has 0 radical (unpaired) electrons. The largest absolute Gasteiger partial charge is 0.380 e. The van der Waals surface area contributed by atoms with Crippen LogP contribution in [0.5, 0.6) is 0 Å². The Hall–Kier alpha value is -0.120. The minimum Gasteiger partial charge on any atom is -0.380 e. The fourth-order valence-corrected chi connectivity index (χ4v) is 1.97. The molecule has 1 heterocycles. The smallest absolute Gasteiger partial charge is 0.0593 e. The third-order valence-corrected chi connectivity index (χ3v) is 3.07. The number of nitrogens with zero attached hydrogens (tertiary/aromatic N) is 2. The molecule has 0 aromatic heterocycles. The highest BCUT2D eigenvalue weighted by molar-refractivity contribution is 4.65. The summed E-state index contributed by atoms with van der Waals surface area (Å²) in [5, 5.41) is 0. The highest BCUT2D eigenvalue weighted by Gasteiger charge is 2.10. The Morgan fingerprint density at radius 3 is 2.53 bits per heavy atom. The van der Waals surface area contributed by atoms with Gasteiger partial charge in [0.15, 0.2) is 0 Å². The molecule has 0 saturated carbocycles. The van der Waals surface area contributed by atoms with Crippen molar-refractivity contribution < 1.29 is 4.74 Å². The van der Waals surface area contributed by atoms with Gasteiger partial charge in [-0.2, -0.15) is 0 Å². The topological polar surface area (TPSA) is 15.7 Å². The number of ether oxygens (including phenoxy) is 1. The molecule has 0 amide bonds. The van der Waals surface area contributed by atoms with E-state index in [1.54, 1.807) is 0 Å². The number of likely N-dealkylation sites (N-methyl/N-ethyl adjacent to an activating group) is 1. The molecule has 15 heavy (non-hydrogen) atoms. The van der Waals surface area contributed by atoms with E-state index in [-0.39, 0.29) is 0 Å². The number of likely N-dealkylation sites (tertiary alicyclic amines) is 1. The summed E-state index contributed by atoms with van der Waals surface area (Å²) in [6.45, 7) is 9.82. The molecule has 0 atom stereocenters. The van der Waals surface area contributed by atoms with Crippen LogP contribution in [0, 0.1) is 0 Å². The van der Waals surface area contributed by atoms with Crippen molar-refractivity contribution in [1.82, 2.24) is 9.80 Å². The van der Waals surface area contributed by atoms with Crippen molar-refractivity contribution in [2.45, 2.75) is 26.2 Å². The van der Waals surface area contributed by atoms with E-state index in [4.69, 9.17) is 4.74 Å². The normalized spacial score (nSPS) is 18.6. The van der Waals surface area contributed by atoms with Gasteiger partial charge in [0, 0.05) is 26.2 Å². The second-order valence-electron chi connectivity index (χ2n) is 4.40. The highest BCUT2D eigenvalue weighted by atomic mass is 16.5. The first kappa shape index (κ1) is 12.9. The van der Waals surface area contributed by atoms with Crippen LogP contribution >= 0.6 is 0 Å². The summed E-state index contributed by atoms with van der Waals surface area (Å²) in [4.78, 5) is 4.95.